The third kappa shape index (κ3) is 6.77. The molecule has 0 spiro atoms. The molecule has 1 unspecified atom stereocenters. The molecule has 1 aliphatic rings. The summed E-state index contributed by atoms with van der Waals surface area (Å²) >= 11 is 0. The number of likely N-dealkylation sites (tertiary alicyclic amines) is 1. The van der Waals surface area contributed by atoms with Gasteiger partial charge in [-0.05, 0) is 43.5 Å². The fourth-order valence-electron chi connectivity index (χ4n) is 2.78. The summed E-state index contributed by atoms with van der Waals surface area (Å²) in [5.74, 6) is 0.133. The first kappa shape index (κ1) is 20.5. The molecule has 0 aromatic heterocycles. The van der Waals surface area contributed by atoms with E-state index < -0.39 is 6.04 Å². The van der Waals surface area contributed by atoms with Crippen LogP contribution in [0.1, 0.15) is 31.7 Å². The molecular formula is C20H27N3O4. The molecule has 2 rings (SSSR count). The second kappa shape index (κ2) is 10.4. The molecule has 1 fully saturated rings. The number of rotatable bonds is 8. The minimum absolute atomic E-state index is 0.0620. The maximum Gasteiger partial charge on any atom is 0.244 e. The smallest absolute Gasteiger partial charge is 0.244 e. The summed E-state index contributed by atoms with van der Waals surface area (Å²) in [5, 5.41) is 5.30. The quantitative estimate of drug-likeness (QED) is 0.673. The predicted octanol–water partition coefficient (Wildman–Crippen LogP) is 1.34. The Morgan fingerprint density at radius 2 is 1.85 bits per heavy atom. The molecule has 1 aromatic carbocycles. The van der Waals surface area contributed by atoms with Gasteiger partial charge in [-0.1, -0.05) is 12.1 Å². The summed E-state index contributed by atoms with van der Waals surface area (Å²) in [6.45, 7) is 3.49. The van der Waals surface area contributed by atoms with Crippen molar-refractivity contribution in [2.75, 3.05) is 26.7 Å². The summed E-state index contributed by atoms with van der Waals surface area (Å²) in [7, 11) is 1.59. The molecule has 0 aliphatic carbocycles. The third-order valence-corrected chi connectivity index (χ3v) is 4.39. The molecule has 7 heteroatoms. The molecule has 1 heterocycles. The van der Waals surface area contributed by atoms with Crippen molar-refractivity contribution in [3.63, 3.8) is 0 Å². The lowest BCUT2D eigenvalue weighted by atomic mass is 10.2. The summed E-state index contributed by atoms with van der Waals surface area (Å²) in [4.78, 5) is 37.7. The summed E-state index contributed by atoms with van der Waals surface area (Å²) in [5.41, 5.74) is 0.850. The van der Waals surface area contributed by atoms with Gasteiger partial charge in [-0.3, -0.25) is 14.4 Å². The lowest BCUT2D eigenvalue weighted by Crippen LogP contribution is -2.45. The van der Waals surface area contributed by atoms with E-state index in [1.165, 1.54) is 6.08 Å². The zero-order valence-electron chi connectivity index (χ0n) is 15.9. The maximum absolute atomic E-state index is 12.0. The number of ether oxygens (including phenoxy) is 1. The van der Waals surface area contributed by atoms with Crippen molar-refractivity contribution in [2.24, 2.45) is 0 Å². The number of amides is 3. The number of carbonyl (C=O) groups is 3. The molecule has 2 N–H and O–H groups in total. The van der Waals surface area contributed by atoms with Crippen molar-refractivity contribution in [1.29, 1.82) is 0 Å². The number of methoxy groups -OCH3 is 1. The second-order valence-electron chi connectivity index (χ2n) is 6.47. The molecule has 7 nitrogen and oxygen atoms in total. The van der Waals surface area contributed by atoms with Crippen molar-refractivity contribution in [3.8, 4) is 5.75 Å². The highest BCUT2D eigenvalue weighted by Gasteiger charge is 2.18. The molecule has 0 radical (unpaired) electrons. The molecular weight excluding hydrogens is 346 g/mol. The molecule has 1 saturated heterocycles. The van der Waals surface area contributed by atoms with Gasteiger partial charge < -0.3 is 20.3 Å². The van der Waals surface area contributed by atoms with Crippen molar-refractivity contribution in [2.45, 2.75) is 32.2 Å². The van der Waals surface area contributed by atoms with E-state index in [0.29, 0.717) is 0 Å². The van der Waals surface area contributed by atoms with Crippen LogP contribution in [0.5, 0.6) is 5.75 Å². The number of benzene rings is 1. The van der Waals surface area contributed by atoms with Crippen LogP contribution in [0, 0.1) is 0 Å². The molecule has 1 aromatic rings. The Balaban J connectivity index is 1.70. The van der Waals surface area contributed by atoms with E-state index in [-0.39, 0.29) is 30.7 Å². The van der Waals surface area contributed by atoms with Crippen molar-refractivity contribution >= 4 is 23.8 Å². The first-order valence-electron chi connectivity index (χ1n) is 9.17. The largest absolute Gasteiger partial charge is 0.497 e. The lowest BCUT2D eigenvalue weighted by molar-refractivity contribution is -0.130. The van der Waals surface area contributed by atoms with E-state index in [2.05, 4.69) is 10.6 Å². The van der Waals surface area contributed by atoms with Gasteiger partial charge in [0.1, 0.15) is 11.8 Å². The normalized spacial score (nSPS) is 14.8. The Labute approximate surface area is 159 Å². The highest BCUT2D eigenvalue weighted by atomic mass is 16.5. The van der Waals surface area contributed by atoms with E-state index in [1.807, 2.05) is 17.0 Å². The maximum atomic E-state index is 12.0. The first-order valence-corrected chi connectivity index (χ1v) is 9.17. The zero-order valence-corrected chi connectivity index (χ0v) is 15.9. The van der Waals surface area contributed by atoms with Gasteiger partial charge in [0, 0.05) is 32.1 Å². The van der Waals surface area contributed by atoms with Gasteiger partial charge in [-0.2, -0.15) is 0 Å². The van der Waals surface area contributed by atoms with E-state index in [4.69, 9.17) is 4.74 Å². The first-order chi connectivity index (χ1) is 13.0. The fraction of sp³-hybridized carbons (Fsp3) is 0.450. The van der Waals surface area contributed by atoms with Crippen LogP contribution in [-0.2, 0) is 14.4 Å². The van der Waals surface area contributed by atoms with Crippen LogP contribution in [0.25, 0.3) is 6.08 Å². The van der Waals surface area contributed by atoms with Gasteiger partial charge in [0.25, 0.3) is 0 Å². The Bertz CT molecular complexity index is 679. The molecule has 27 heavy (non-hydrogen) atoms. The molecule has 1 aliphatic heterocycles. The zero-order chi connectivity index (χ0) is 19.6. The second-order valence-corrected chi connectivity index (χ2v) is 6.47. The Morgan fingerprint density at radius 3 is 2.48 bits per heavy atom. The Hall–Kier alpha value is -2.83. The summed E-state index contributed by atoms with van der Waals surface area (Å²) in [6.07, 6.45) is 5.41. The number of hydrogen-bond donors (Lipinski definition) is 2. The molecule has 146 valence electrons. The summed E-state index contributed by atoms with van der Waals surface area (Å²) < 4.78 is 5.08. The van der Waals surface area contributed by atoms with Crippen molar-refractivity contribution in [3.05, 3.63) is 35.9 Å². The molecule has 3 amide bonds. The van der Waals surface area contributed by atoms with Gasteiger partial charge in [0.05, 0.1) is 7.11 Å². The molecule has 0 bridgehead atoms. The minimum atomic E-state index is -0.681. The van der Waals surface area contributed by atoms with Crippen molar-refractivity contribution < 1.29 is 19.1 Å². The van der Waals surface area contributed by atoms with Crippen LogP contribution in [0.4, 0.5) is 0 Å². The molecule has 0 saturated carbocycles. The van der Waals surface area contributed by atoms with Crippen LogP contribution >= 0.6 is 0 Å². The minimum Gasteiger partial charge on any atom is -0.497 e. The lowest BCUT2D eigenvalue weighted by Gasteiger charge is -2.16. The molecule has 1 atom stereocenters. The Morgan fingerprint density at radius 1 is 1.19 bits per heavy atom. The average molecular weight is 373 g/mol. The monoisotopic (exact) mass is 373 g/mol. The Kier molecular flexibility index (Phi) is 7.85. The highest BCUT2D eigenvalue weighted by Crippen LogP contribution is 2.12. The van der Waals surface area contributed by atoms with Crippen LogP contribution in [0.3, 0.4) is 0 Å². The van der Waals surface area contributed by atoms with E-state index in [0.717, 1.165) is 37.2 Å². The number of nitrogens with zero attached hydrogens (tertiary/aromatic N) is 1. The van der Waals surface area contributed by atoms with Crippen LogP contribution in [-0.4, -0.2) is 55.4 Å². The SMILES string of the molecule is COc1ccc(/C=C/C(=O)NC(C)C(=O)NCCC(=O)N2CCCC2)cc1. The summed E-state index contributed by atoms with van der Waals surface area (Å²) in [6, 6.07) is 6.58. The van der Waals surface area contributed by atoms with Gasteiger partial charge >= 0.3 is 0 Å². The number of hydrogen-bond acceptors (Lipinski definition) is 4. The van der Waals surface area contributed by atoms with Crippen LogP contribution < -0.4 is 15.4 Å². The highest BCUT2D eigenvalue weighted by molar-refractivity contribution is 5.95. The van der Waals surface area contributed by atoms with Gasteiger partial charge in [-0.25, -0.2) is 0 Å². The van der Waals surface area contributed by atoms with Crippen LogP contribution in [0.15, 0.2) is 30.3 Å². The van der Waals surface area contributed by atoms with E-state index >= 15 is 0 Å². The van der Waals surface area contributed by atoms with E-state index in [1.54, 1.807) is 32.2 Å². The third-order valence-electron chi connectivity index (χ3n) is 4.39. The predicted molar refractivity (Wildman–Crippen MR) is 103 cm³/mol. The van der Waals surface area contributed by atoms with Gasteiger partial charge in [0.15, 0.2) is 0 Å². The van der Waals surface area contributed by atoms with Gasteiger partial charge in [-0.15, -0.1) is 0 Å². The van der Waals surface area contributed by atoms with Crippen LogP contribution in [0.2, 0.25) is 0 Å². The fourth-order valence-corrected chi connectivity index (χ4v) is 2.78. The number of carbonyl (C=O) groups excluding carboxylic acids is 3. The van der Waals surface area contributed by atoms with Crippen molar-refractivity contribution in [1.82, 2.24) is 15.5 Å². The number of nitrogens with one attached hydrogen (secondary N) is 2. The topological polar surface area (TPSA) is 87.7 Å². The van der Waals surface area contributed by atoms with Gasteiger partial charge in [0.2, 0.25) is 17.7 Å². The average Bonchev–Trinajstić information content (AvgIpc) is 3.21. The van der Waals surface area contributed by atoms with E-state index in [9.17, 15) is 14.4 Å². The standard InChI is InChI=1S/C20H27N3O4/c1-15(20(26)21-12-11-19(25)23-13-3-4-14-23)22-18(24)10-7-16-5-8-17(27-2)9-6-16/h5-10,15H,3-4,11-14H2,1-2H3,(H,21,26)(H,22,24)/b10-7+.